The molecule has 7 nitrogen and oxygen atoms in total. The standard InChI is InChI=1S/C19H20N2O5/c1-23-15-5-4-14(10-17(15)24-2)12-20-21-19(22)11-13-3-6-16-18(9-13)26-8-7-25-16/h3-6,9-10,12H,7-8,11H2,1-2H3,(H,21,22)/b20-12+. The zero-order valence-corrected chi connectivity index (χ0v) is 14.7. The Morgan fingerprint density at radius 2 is 1.85 bits per heavy atom. The van der Waals surface area contributed by atoms with Crippen LogP contribution < -0.4 is 24.4 Å². The molecule has 7 heteroatoms. The van der Waals surface area contributed by atoms with Crippen molar-refractivity contribution >= 4 is 12.1 Å². The van der Waals surface area contributed by atoms with Crippen molar-refractivity contribution < 1.29 is 23.7 Å². The molecule has 3 rings (SSSR count). The normalized spacial score (nSPS) is 12.7. The Morgan fingerprint density at radius 1 is 1.08 bits per heavy atom. The first-order valence-electron chi connectivity index (χ1n) is 8.12. The minimum Gasteiger partial charge on any atom is -0.493 e. The van der Waals surface area contributed by atoms with Crippen molar-refractivity contribution in [2.45, 2.75) is 6.42 Å². The van der Waals surface area contributed by atoms with Gasteiger partial charge in [0.25, 0.3) is 0 Å². The molecular formula is C19H20N2O5. The Kier molecular flexibility index (Phi) is 5.58. The van der Waals surface area contributed by atoms with Crippen LogP contribution in [0.5, 0.6) is 23.0 Å². The highest BCUT2D eigenvalue weighted by atomic mass is 16.6. The van der Waals surface area contributed by atoms with Gasteiger partial charge in [-0.15, -0.1) is 0 Å². The lowest BCUT2D eigenvalue weighted by molar-refractivity contribution is -0.120. The highest BCUT2D eigenvalue weighted by Gasteiger charge is 2.13. The van der Waals surface area contributed by atoms with E-state index < -0.39 is 0 Å². The second kappa shape index (κ2) is 8.24. The van der Waals surface area contributed by atoms with E-state index in [0.29, 0.717) is 36.2 Å². The Balaban J connectivity index is 1.58. The van der Waals surface area contributed by atoms with Gasteiger partial charge in [0.1, 0.15) is 13.2 Å². The van der Waals surface area contributed by atoms with Gasteiger partial charge in [-0.3, -0.25) is 4.79 Å². The number of rotatable bonds is 6. The van der Waals surface area contributed by atoms with Crippen LogP contribution in [-0.4, -0.2) is 39.6 Å². The van der Waals surface area contributed by atoms with Gasteiger partial charge in [0, 0.05) is 0 Å². The zero-order valence-electron chi connectivity index (χ0n) is 14.7. The van der Waals surface area contributed by atoms with Crippen molar-refractivity contribution in [3.05, 3.63) is 47.5 Å². The van der Waals surface area contributed by atoms with Crippen LogP contribution in [0.1, 0.15) is 11.1 Å². The lowest BCUT2D eigenvalue weighted by atomic mass is 10.1. The lowest BCUT2D eigenvalue weighted by Crippen LogP contribution is -2.20. The second-order valence-electron chi connectivity index (χ2n) is 5.56. The summed E-state index contributed by atoms with van der Waals surface area (Å²) in [6.45, 7) is 1.05. The van der Waals surface area contributed by atoms with Crippen molar-refractivity contribution in [1.29, 1.82) is 0 Å². The van der Waals surface area contributed by atoms with Crippen LogP contribution in [0.3, 0.4) is 0 Å². The van der Waals surface area contributed by atoms with E-state index in [1.807, 2.05) is 24.3 Å². The fourth-order valence-corrected chi connectivity index (χ4v) is 2.53. The highest BCUT2D eigenvalue weighted by Crippen LogP contribution is 2.30. The largest absolute Gasteiger partial charge is 0.493 e. The third-order valence-electron chi connectivity index (χ3n) is 3.78. The first-order chi connectivity index (χ1) is 12.7. The number of methoxy groups -OCH3 is 2. The summed E-state index contributed by atoms with van der Waals surface area (Å²) >= 11 is 0. The highest BCUT2D eigenvalue weighted by molar-refractivity contribution is 5.84. The Hall–Kier alpha value is -3.22. The minimum absolute atomic E-state index is 0.194. The minimum atomic E-state index is -0.224. The number of amides is 1. The van der Waals surface area contributed by atoms with E-state index in [2.05, 4.69) is 10.5 Å². The molecule has 0 unspecified atom stereocenters. The number of hydrazone groups is 1. The molecule has 0 spiro atoms. The molecule has 0 saturated carbocycles. The molecule has 1 aliphatic rings. The summed E-state index contributed by atoms with van der Waals surface area (Å²) < 4.78 is 21.4. The van der Waals surface area contributed by atoms with Crippen LogP contribution >= 0.6 is 0 Å². The fourth-order valence-electron chi connectivity index (χ4n) is 2.53. The third-order valence-corrected chi connectivity index (χ3v) is 3.78. The number of carbonyl (C=O) groups excluding carboxylic acids is 1. The van der Waals surface area contributed by atoms with Crippen LogP contribution in [0.25, 0.3) is 0 Å². The van der Waals surface area contributed by atoms with Crippen molar-refractivity contribution in [2.24, 2.45) is 5.10 Å². The van der Waals surface area contributed by atoms with Gasteiger partial charge in [-0.2, -0.15) is 5.10 Å². The molecule has 0 fully saturated rings. The number of nitrogens with one attached hydrogen (secondary N) is 1. The topological polar surface area (TPSA) is 78.4 Å². The Bertz CT molecular complexity index is 820. The van der Waals surface area contributed by atoms with E-state index >= 15 is 0 Å². The fraction of sp³-hybridized carbons (Fsp3) is 0.263. The van der Waals surface area contributed by atoms with E-state index in [9.17, 15) is 4.79 Å². The molecule has 1 amide bonds. The van der Waals surface area contributed by atoms with Gasteiger partial charge in [0.2, 0.25) is 5.91 Å². The SMILES string of the molecule is COc1ccc(/C=N/NC(=O)Cc2ccc3c(c2)OCCO3)cc1OC. The number of benzene rings is 2. The molecule has 0 saturated heterocycles. The van der Waals surface area contributed by atoms with Crippen LogP contribution in [0.15, 0.2) is 41.5 Å². The zero-order chi connectivity index (χ0) is 18.4. The average molecular weight is 356 g/mol. The third kappa shape index (κ3) is 4.24. The molecule has 0 radical (unpaired) electrons. The Morgan fingerprint density at radius 3 is 2.62 bits per heavy atom. The number of hydrogen-bond acceptors (Lipinski definition) is 6. The van der Waals surface area contributed by atoms with Crippen LogP contribution in [0, 0.1) is 0 Å². The molecule has 26 heavy (non-hydrogen) atoms. The average Bonchev–Trinajstić information content (AvgIpc) is 2.67. The Labute approximate surface area is 151 Å². The molecule has 0 aliphatic carbocycles. The van der Waals surface area contributed by atoms with E-state index in [-0.39, 0.29) is 12.3 Å². The van der Waals surface area contributed by atoms with Crippen LogP contribution in [0.4, 0.5) is 0 Å². The molecule has 2 aromatic carbocycles. The quantitative estimate of drug-likeness (QED) is 0.634. The summed E-state index contributed by atoms with van der Waals surface area (Å²) in [5, 5.41) is 3.98. The second-order valence-corrected chi connectivity index (χ2v) is 5.56. The molecule has 2 aromatic rings. The molecule has 1 N–H and O–H groups in total. The van der Waals surface area contributed by atoms with Crippen LogP contribution in [0.2, 0.25) is 0 Å². The number of carbonyl (C=O) groups is 1. The van der Waals surface area contributed by atoms with Crippen molar-refractivity contribution in [3.8, 4) is 23.0 Å². The number of ether oxygens (including phenoxy) is 4. The number of nitrogens with zero attached hydrogens (tertiary/aromatic N) is 1. The number of hydrogen-bond donors (Lipinski definition) is 1. The molecule has 1 heterocycles. The molecule has 1 aliphatic heterocycles. The first-order valence-corrected chi connectivity index (χ1v) is 8.12. The van der Waals surface area contributed by atoms with Gasteiger partial charge >= 0.3 is 0 Å². The van der Waals surface area contributed by atoms with Gasteiger partial charge in [-0.25, -0.2) is 5.43 Å². The van der Waals surface area contributed by atoms with Gasteiger partial charge in [-0.1, -0.05) is 6.07 Å². The maximum Gasteiger partial charge on any atom is 0.244 e. The predicted molar refractivity (Wildman–Crippen MR) is 96.4 cm³/mol. The molecule has 136 valence electrons. The van der Waals surface area contributed by atoms with Gasteiger partial charge in [0.05, 0.1) is 26.9 Å². The summed E-state index contributed by atoms with van der Waals surface area (Å²) in [4.78, 5) is 12.1. The van der Waals surface area contributed by atoms with Gasteiger partial charge in [-0.05, 0) is 41.5 Å². The summed E-state index contributed by atoms with van der Waals surface area (Å²) in [5.74, 6) is 2.37. The van der Waals surface area contributed by atoms with E-state index in [1.54, 1.807) is 32.6 Å². The van der Waals surface area contributed by atoms with Crippen molar-refractivity contribution in [2.75, 3.05) is 27.4 Å². The van der Waals surface area contributed by atoms with E-state index in [1.165, 1.54) is 0 Å². The maximum absolute atomic E-state index is 12.1. The molecule has 0 atom stereocenters. The molecule has 0 bridgehead atoms. The summed E-state index contributed by atoms with van der Waals surface area (Å²) in [7, 11) is 3.14. The summed E-state index contributed by atoms with van der Waals surface area (Å²) in [6.07, 6.45) is 1.74. The van der Waals surface area contributed by atoms with Gasteiger partial charge < -0.3 is 18.9 Å². The molecular weight excluding hydrogens is 336 g/mol. The van der Waals surface area contributed by atoms with Crippen molar-refractivity contribution in [1.82, 2.24) is 5.43 Å². The monoisotopic (exact) mass is 356 g/mol. The van der Waals surface area contributed by atoms with Gasteiger partial charge in [0.15, 0.2) is 23.0 Å². The number of fused-ring (bicyclic) bond motifs is 1. The van der Waals surface area contributed by atoms with E-state index in [0.717, 1.165) is 11.1 Å². The predicted octanol–water partition coefficient (Wildman–Crippen LogP) is 2.17. The molecule has 0 aromatic heterocycles. The maximum atomic E-state index is 12.1. The summed E-state index contributed by atoms with van der Waals surface area (Å²) in [6, 6.07) is 10.8. The lowest BCUT2D eigenvalue weighted by Gasteiger charge is -2.18. The van der Waals surface area contributed by atoms with Crippen LogP contribution in [-0.2, 0) is 11.2 Å². The smallest absolute Gasteiger partial charge is 0.244 e. The summed E-state index contributed by atoms with van der Waals surface area (Å²) in [5.41, 5.74) is 4.12. The van der Waals surface area contributed by atoms with Crippen molar-refractivity contribution in [3.63, 3.8) is 0 Å². The van der Waals surface area contributed by atoms with E-state index in [4.69, 9.17) is 18.9 Å². The first kappa shape index (κ1) is 17.6.